The second-order valence-electron chi connectivity index (χ2n) is 2.50. The van der Waals surface area contributed by atoms with Crippen LogP contribution in [0.5, 0.6) is 0 Å². The molecule has 0 unspecified atom stereocenters. The molecule has 0 aliphatic rings. The number of aromatic amines is 2. The first-order valence-electron chi connectivity index (χ1n) is 3.56. The number of nitrogens with zero attached hydrogens (tertiary/aromatic N) is 1. The zero-order valence-electron chi connectivity index (χ0n) is 6.29. The average molecular weight is 164 g/mol. The van der Waals surface area contributed by atoms with Gasteiger partial charge in [-0.15, -0.1) is 0 Å². The number of fused-ring (bicyclic) bond motifs is 1. The van der Waals surface area contributed by atoms with Crippen LogP contribution < -0.4 is 11.4 Å². The van der Waals surface area contributed by atoms with Gasteiger partial charge < -0.3 is 15.7 Å². The molecule has 0 bridgehead atoms. The van der Waals surface area contributed by atoms with E-state index in [1.54, 1.807) is 12.3 Å². The summed E-state index contributed by atoms with van der Waals surface area (Å²) in [4.78, 5) is 20.1. The summed E-state index contributed by atoms with van der Waals surface area (Å²) in [5.41, 5.74) is 7.37. The average Bonchev–Trinajstić information content (AvgIpc) is 2.43. The van der Waals surface area contributed by atoms with Crippen molar-refractivity contribution in [3.63, 3.8) is 0 Å². The number of nitrogens with one attached hydrogen (secondary N) is 2. The third-order valence-electron chi connectivity index (χ3n) is 1.67. The van der Waals surface area contributed by atoms with Crippen LogP contribution in [-0.2, 0) is 6.54 Å². The number of nitrogens with two attached hydrogens (primary N) is 1. The lowest BCUT2D eigenvalue weighted by atomic mass is 10.3. The van der Waals surface area contributed by atoms with Crippen molar-refractivity contribution in [2.75, 3.05) is 0 Å². The Hall–Kier alpha value is -1.62. The smallest absolute Gasteiger partial charge is 0.323 e. The van der Waals surface area contributed by atoms with E-state index in [1.807, 2.05) is 0 Å². The van der Waals surface area contributed by atoms with Crippen LogP contribution in [0.2, 0.25) is 0 Å². The van der Waals surface area contributed by atoms with E-state index in [1.165, 1.54) is 0 Å². The number of imidazole rings is 1. The van der Waals surface area contributed by atoms with Gasteiger partial charge in [-0.2, -0.15) is 0 Å². The third-order valence-corrected chi connectivity index (χ3v) is 1.67. The predicted molar refractivity (Wildman–Crippen MR) is 44.6 cm³/mol. The molecular formula is C7H8N4O. The Morgan fingerprint density at radius 1 is 1.42 bits per heavy atom. The van der Waals surface area contributed by atoms with Crippen molar-refractivity contribution in [1.82, 2.24) is 15.0 Å². The molecule has 0 fully saturated rings. The van der Waals surface area contributed by atoms with Gasteiger partial charge >= 0.3 is 5.69 Å². The molecule has 2 rings (SSSR count). The van der Waals surface area contributed by atoms with Crippen LogP contribution in [0.1, 0.15) is 5.69 Å². The summed E-state index contributed by atoms with van der Waals surface area (Å²) in [5, 5.41) is 0. The Labute approximate surface area is 67.6 Å². The maximum absolute atomic E-state index is 10.8. The van der Waals surface area contributed by atoms with E-state index in [-0.39, 0.29) is 5.69 Å². The van der Waals surface area contributed by atoms with E-state index in [2.05, 4.69) is 15.0 Å². The second kappa shape index (κ2) is 2.46. The minimum absolute atomic E-state index is 0.221. The summed E-state index contributed by atoms with van der Waals surface area (Å²) < 4.78 is 0. The van der Waals surface area contributed by atoms with Crippen molar-refractivity contribution < 1.29 is 0 Å². The summed E-state index contributed by atoms with van der Waals surface area (Å²) in [6.45, 7) is 0.378. The van der Waals surface area contributed by atoms with Crippen molar-refractivity contribution in [3.05, 3.63) is 28.4 Å². The molecule has 62 valence electrons. The molecular weight excluding hydrogens is 156 g/mol. The Bertz CT molecular complexity index is 456. The molecule has 0 aliphatic heterocycles. The van der Waals surface area contributed by atoms with Gasteiger partial charge in [-0.25, -0.2) is 4.79 Å². The van der Waals surface area contributed by atoms with E-state index in [0.717, 1.165) is 11.2 Å². The number of rotatable bonds is 1. The molecule has 0 amide bonds. The van der Waals surface area contributed by atoms with Crippen molar-refractivity contribution >= 4 is 11.0 Å². The van der Waals surface area contributed by atoms with E-state index in [0.29, 0.717) is 12.1 Å². The van der Waals surface area contributed by atoms with Crippen molar-refractivity contribution in [2.24, 2.45) is 5.73 Å². The monoisotopic (exact) mass is 164 g/mol. The van der Waals surface area contributed by atoms with Gasteiger partial charge in [0.2, 0.25) is 0 Å². The summed E-state index contributed by atoms with van der Waals surface area (Å²) in [6, 6.07) is 1.76. The molecule has 0 spiro atoms. The Balaban J connectivity index is 2.74. The van der Waals surface area contributed by atoms with Crippen LogP contribution in [0.15, 0.2) is 17.1 Å². The third kappa shape index (κ3) is 0.998. The van der Waals surface area contributed by atoms with Crippen molar-refractivity contribution in [3.8, 4) is 0 Å². The van der Waals surface area contributed by atoms with E-state index < -0.39 is 0 Å². The first-order chi connectivity index (χ1) is 5.79. The van der Waals surface area contributed by atoms with Gasteiger partial charge in [-0.3, -0.25) is 4.98 Å². The molecule has 2 aromatic rings. The highest BCUT2D eigenvalue weighted by Crippen LogP contribution is 2.05. The number of H-pyrrole nitrogens is 2. The predicted octanol–water partition coefficient (Wildman–Crippen LogP) is -0.290. The maximum atomic E-state index is 10.8. The van der Waals surface area contributed by atoms with Crippen LogP contribution in [0.3, 0.4) is 0 Å². The van der Waals surface area contributed by atoms with Gasteiger partial charge in [-0.05, 0) is 6.07 Å². The quantitative estimate of drug-likeness (QED) is 0.541. The molecule has 0 aromatic carbocycles. The molecule has 0 atom stereocenters. The highest BCUT2D eigenvalue weighted by atomic mass is 16.1. The standard InChI is InChI=1S/C7H8N4O/c8-2-4-1-5-6(3-9-4)11-7(12)10-5/h1,3H,2,8H2,(H2,10,11,12). The van der Waals surface area contributed by atoms with Crippen LogP contribution >= 0.6 is 0 Å². The summed E-state index contributed by atoms with van der Waals surface area (Å²) in [6.07, 6.45) is 1.59. The zero-order valence-corrected chi connectivity index (χ0v) is 6.29. The highest BCUT2D eigenvalue weighted by molar-refractivity contribution is 5.73. The fourth-order valence-electron chi connectivity index (χ4n) is 1.09. The molecule has 2 heterocycles. The molecule has 0 aliphatic carbocycles. The lowest BCUT2D eigenvalue weighted by molar-refractivity contribution is 0.996. The topological polar surface area (TPSA) is 87.6 Å². The lowest BCUT2D eigenvalue weighted by Crippen LogP contribution is -1.99. The minimum Gasteiger partial charge on any atom is -0.325 e. The van der Waals surface area contributed by atoms with E-state index in [9.17, 15) is 4.79 Å². The van der Waals surface area contributed by atoms with Crippen molar-refractivity contribution in [2.45, 2.75) is 6.54 Å². The van der Waals surface area contributed by atoms with Crippen LogP contribution in [0.4, 0.5) is 0 Å². The molecule has 12 heavy (non-hydrogen) atoms. The van der Waals surface area contributed by atoms with Crippen LogP contribution in [-0.4, -0.2) is 15.0 Å². The molecule has 0 saturated heterocycles. The van der Waals surface area contributed by atoms with Crippen molar-refractivity contribution in [1.29, 1.82) is 0 Å². The molecule has 0 radical (unpaired) electrons. The summed E-state index contributed by atoms with van der Waals surface area (Å²) in [7, 11) is 0. The van der Waals surface area contributed by atoms with Gasteiger partial charge in [0, 0.05) is 6.54 Å². The van der Waals surface area contributed by atoms with E-state index in [4.69, 9.17) is 5.73 Å². The maximum Gasteiger partial charge on any atom is 0.323 e. The number of hydrogen-bond donors (Lipinski definition) is 3. The van der Waals surface area contributed by atoms with Gasteiger partial charge in [0.15, 0.2) is 0 Å². The SMILES string of the molecule is NCc1cc2[nH]c(=O)[nH]c2cn1. The van der Waals surface area contributed by atoms with Gasteiger partial charge in [-0.1, -0.05) is 0 Å². The lowest BCUT2D eigenvalue weighted by Gasteiger charge is -1.93. The largest absolute Gasteiger partial charge is 0.325 e. The van der Waals surface area contributed by atoms with Gasteiger partial charge in [0.1, 0.15) is 0 Å². The number of aromatic nitrogens is 3. The van der Waals surface area contributed by atoms with E-state index >= 15 is 0 Å². The Morgan fingerprint density at radius 2 is 2.17 bits per heavy atom. The minimum atomic E-state index is -0.221. The van der Waals surface area contributed by atoms with Crippen LogP contribution in [0.25, 0.3) is 11.0 Å². The molecule has 2 aromatic heterocycles. The molecule has 5 heteroatoms. The first kappa shape index (κ1) is 7.05. The zero-order chi connectivity index (χ0) is 8.55. The fourth-order valence-corrected chi connectivity index (χ4v) is 1.09. The van der Waals surface area contributed by atoms with Gasteiger partial charge in [0.25, 0.3) is 0 Å². The fraction of sp³-hybridized carbons (Fsp3) is 0.143. The number of hydrogen-bond acceptors (Lipinski definition) is 3. The Kier molecular flexibility index (Phi) is 1.44. The summed E-state index contributed by atoms with van der Waals surface area (Å²) >= 11 is 0. The molecule has 5 nitrogen and oxygen atoms in total. The second-order valence-corrected chi connectivity index (χ2v) is 2.50. The highest BCUT2D eigenvalue weighted by Gasteiger charge is 1.98. The van der Waals surface area contributed by atoms with Gasteiger partial charge in [0.05, 0.1) is 22.9 Å². The normalized spacial score (nSPS) is 10.8. The molecule has 0 saturated carbocycles. The first-order valence-corrected chi connectivity index (χ1v) is 3.56. The number of pyridine rings is 1. The summed E-state index contributed by atoms with van der Waals surface area (Å²) in [5.74, 6) is 0. The molecule has 4 N–H and O–H groups in total. The van der Waals surface area contributed by atoms with Crippen LogP contribution in [0, 0.1) is 0 Å². The Morgan fingerprint density at radius 3 is 2.92 bits per heavy atom.